The number of nitrogens with one attached hydrogen (secondary N) is 3. The van der Waals surface area contributed by atoms with Gasteiger partial charge in [-0.2, -0.15) is 0 Å². The second kappa shape index (κ2) is 7.65. The summed E-state index contributed by atoms with van der Waals surface area (Å²) >= 11 is 0. The van der Waals surface area contributed by atoms with Gasteiger partial charge in [0.15, 0.2) is 0 Å². The summed E-state index contributed by atoms with van der Waals surface area (Å²) in [5, 5.41) is 8.58. The fraction of sp³-hybridized carbons (Fsp3) is 0.500. The molecule has 0 spiro atoms. The summed E-state index contributed by atoms with van der Waals surface area (Å²) in [5.74, 6) is -0.494. The highest BCUT2D eigenvalue weighted by Gasteiger charge is 2.25. The van der Waals surface area contributed by atoms with Crippen molar-refractivity contribution in [1.82, 2.24) is 15.5 Å². The van der Waals surface area contributed by atoms with E-state index in [1.807, 2.05) is 0 Å². The van der Waals surface area contributed by atoms with Crippen LogP contribution in [-0.4, -0.2) is 54.8 Å². The normalized spacial score (nSPS) is 16.4. The Morgan fingerprint density at radius 2 is 1.56 bits per heavy atom. The van der Waals surface area contributed by atoms with Gasteiger partial charge in [-0.05, 0) is 44.9 Å². The van der Waals surface area contributed by atoms with E-state index in [-0.39, 0.29) is 36.9 Å². The van der Waals surface area contributed by atoms with Gasteiger partial charge in [0.25, 0.3) is 5.91 Å². The summed E-state index contributed by atoms with van der Waals surface area (Å²) < 4.78 is 0. The zero-order chi connectivity index (χ0) is 17.8. The summed E-state index contributed by atoms with van der Waals surface area (Å²) in [5.41, 5.74) is 0.943. The number of carbonyl (C=O) groups excluding carboxylic acids is 3. The summed E-state index contributed by atoms with van der Waals surface area (Å²) in [6.45, 7) is 0.254. The van der Waals surface area contributed by atoms with E-state index < -0.39 is 0 Å². The first kappa shape index (κ1) is 17.4. The van der Waals surface area contributed by atoms with E-state index >= 15 is 0 Å². The molecule has 7 nitrogen and oxygen atoms in total. The van der Waals surface area contributed by atoms with Crippen LogP contribution in [0.3, 0.4) is 0 Å². The molecule has 25 heavy (non-hydrogen) atoms. The number of likely N-dealkylation sites (N-methyl/N-ethyl adjacent to an activating group) is 1. The largest absolute Gasteiger partial charge is 0.352 e. The molecule has 0 atom stereocenters. The van der Waals surface area contributed by atoms with Gasteiger partial charge in [0.05, 0.1) is 24.3 Å². The number of rotatable bonds is 8. The van der Waals surface area contributed by atoms with Crippen LogP contribution in [0.5, 0.6) is 0 Å². The molecule has 1 aromatic rings. The highest BCUT2D eigenvalue weighted by Crippen LogP contribution is 2.21. The minimum Gasteiger partial charge on any atom is -0.352 e. The lowest BCUT2D eigenvalue weighted by atomic mass is 10.1. The van der Waals surface area contributed by atoms with E-state index in [1.165, 1.54) is 0 Å². The maximum atomic E-state index is 12.2. The summed E-state index contributed by atoms with van der Waals surface area (Å²) in [6, 6.07) is 7.51. The molecule has 7 heteroatoms. The molecule has 1 aromatic carbocycles. The van der Waals surface area contributed by atoms with Crippen LogP contribution in [0.2, 0.25) is 0 Å². The second-order valence-electron chi connectivity index (χ2n) is 6.86. The molecule has 2 saturated carbocycles. The Balaban J connectivity index is 1.51. The zero-order valence-electron chi connectivity index (χ0n) is 14.4. The second-order valence-corrected chi connectivity index (χ2v) is 6.86. The molecule has 2 aliphatic carbocycles. The van der Waals surface area contributed by atoms with Crippen LogP contribution in [0, 0.1) is 0 Å². The van der Waals surface area contributed by atoms with Gasteiger partial charge >= 0.3 is 0 Å². The van der Waals surface area contributed by atoms with Crippen molar-refractivity contribution in [3.8, 4) is 0 Å². The van der Waals surface area contributed by atoms with Crippen molar-refractivity contribution in [3.63, 3.8) is 0 Å². The molecule has 0 bridgehead atoms. The quantitative estimate of drug-likeness (QED) is 0.648. The Morgan fingerprint density at radius 3 is 2.24 bits per heavy atom. The molecule has 0 saturated heterocycles. The van der Waals surface area contributed by atoms with Crippen molar-refractivity contribution in [2.24, 2.45) is 0 Å². The highest BCUT2D eigenvalue weighted by molar-refractivity contribution is 6.04. The molecule has 2 aliphatic rings. The molecule has 3 amide bonds. The first-order chi connectivity index (χ1) is 12.0. The Hall–Kier alpha value is -2.41. The number of hydrogen-bond donors (Lipinski definition) is 3. The van der Waals surface area contributed by atoms with Crippen LogP contribution in [0.1, 0.15) is 36.0 Å². The van der Waals surface area contributed by atoms with E-state index in [1.54, 1.807) is 36.2 Å². The van der Waals surface area contributed by atoms with E-state index in [0.29, 0.717) is 17.3 Å². The highest BCUT2D eigenvalue weighted by atomic mass is 16.2. The molecule has 2 fully saturated rings. The average Bonchev–Trinajstić information content (AvgIpc) is 3.44. The molecule has 0 aromatic heterocycles. The molecular weight excluding hydrogens is 320 g/mol. The van der Waals surface area contributed by atoms with Crippen molar-refractivity contribution >= 4 is 23.4 Å². The molecule has 0 heterocycles. The lowest BCUT2D eigenvalue weighted by Gasteiger charge is -2.17. The van der Waals surface area contributed by atoms with Gasteiger partial charge in [0.2, 0.25) is 11.8 Å². The van der Waals surface area contributed by atoms with E-state index in [0.717, 1.165) is 25.7 Å². The lowest BCUT2D eigenvalue weighted by Crippen LogP contribution is -2.39. The predicted octanol–water partition coefficient (Wildman–Crippen LogP) is 0.728. The van der Waals surface area contributed by atoms with Crippen LogP contribution in [0.25, 0.3) is 0 Å². The fourth-order valence-corrected chi connectivity index (χ4v) is 2.52. The van der Waals surface area contributed by atoms with Crippen LogP contribution >= 0.6 is 0 Å². The van der Waals surface area contributed by atoms with Gasteiger partial charge in [0, 0.05) is 12.1 Å². The number of carbonyl (C=O) groups is 3. The Labute approximate surface area is 147 Å². The standard InChI is InChI=1S/C18H24N4O3/c1-22(10-16(23)19-12-6-7-12)11-17(24)21-15-5-3-2-4-14(15)18(25)20-13-8-9-13/h2-5,12-13H,6-11H2,1H3,(H,19,23)(H,20,25)(H,21,24). The number of nitrogens with zero attached hydrogens (tertiary/aromatic N) is 1. The van der Waals surface area contributed by atoms with Crippen LogP contribution < -0.4 is 16.0 Å². The van der Waals surface area contributed by atoms with E-state index in [2.05, 4.69) is 16.0 Å². The van der Waals surface area contributed by atoms with Crippen molar-refractivity contribution in [2.75, 3.05) is 25.5 Å². The number of para-hydroxylation sites is 1. The van der Waals surface area contributed by atoms with Gasteiger partial charge in [0.1, 0.15) is 0 Å². The number of benzene rings is 1. The molecular formula is C18H24N4O3. The monoisotopic (exact) mass is 344 g/mol. The molecule has 0 radical (unpaired) electrons. The Morgan fingerprint density at radius 1 is 0.960 bits per heavy atom. The van der Waals surface area contributed by atoms with E-state index in [4.69, 9.17) is 0 Å². The fourth-order valence-electron chi connectivity index (χ4n) is 2.52. The number of amides is 3. The van der Waals surface area contributed by atoms with Crippen LogP contribution in [0.4, 0.5) is 5.69 Å². The average molecular weight is 344 g/mol. The van der Waals surface area contributed by atoms with Gasteiger partial charge < -0.3 is 16.0 Å². The van der Waals surface area contributed by atoms with Gasteiger partial charge in [-0.25, -0.2) is 0 Å². The van der Waals surface area contributed by atoms with Crippen molar-refractivity contribution in [2.45, 2.75) is 37.8 Å². The zero-order valence-corrected chi connectivity index (χ0v) is 14.4. The van der Waals surface area contributed by atoms with Gasteiger partial charge in [-0.1, -0.05) is 12.1 Å². The minimum atomic E-state index is -0.256. The van der Waals surface area contributed by atoms with Crippen molar-refractivity contribution in [1.29, 1.82) is 0 Å². The molecule has 0 unspecified atom stereocenters. The van der Waals surface area contributed by atoms with Crippen molar-refractivity contribution in [3.05, 3.63) is 29.8 Å². The third kappa shape index (κ3) is 5.56. The third-order valence-electron chi connectivity index (χ3n) is 4.13. The predicted molar refractivity (Wildman–Crippen MR) is 94.2 cm³/mol. The Kier molecular flexibility index (Phi) is 5.33. The van der Waals surface area contributed by atoms with Crippen LogP contribution in [-0.2, 0) is 9.59 Å². The van der Waals surface area contributed by atoms with Gasteiger partial charge in [-0.3, -0.25) is 19.3 Å². The first-order valence-electron chi connectivity index (χ1n) is 8.69. The summed E-state index contributed by atoms with van der Waals surface area (Å²) in [6.07, 6.45) is 4.09. The molecule has 3 N–H and O–H groups in total. The molecule has 0 aliphatic heterocycles. The SMILES string of the molecule is CN(CC(=O)Nc1ccccc1C(=O)NC1CC1)CC(=O)NC1CC1. The number of anilines is 1. The molecule has 134 valence electrons. The van der Waals surface area contributed by atoms with E-state index in [9.17, 15) is 14.4 Å². The smallest absolute Gasteiger partial charge is 0.253 e. The maximum Gasteiger partial charge on any atom is 0.253 e. The summed E-state index contributed by atoms with van der Waals surface area (Å²) in [7, 11) is 1.72. The Bertz CT molecular complexity index is 668. The first-order valence-corrected chi connectivity index (χ1v) is 8.69. The van der Waals surface area contributed by atoms with Crippen LogP contribution in [0.15, 0.2) is 24.3 Å². The topological polar surface area (TPSA) is 90.5 Å². The maximum absolute atomic E-state index is 12.2. The number of hydrogen-bond acceptors (Lipinski definition) is 4. The third-order valence-corrected chi connectivity index (χ3v) is 4.13. The minimum absolute atomic E-state index is 0.0676. The molecule has 3 rings (SSSR count). The summed E-state index contributed by atoms with van der Waals surface area (Å²) in [4.78, 5) is 37.9. The van der Waals surface area contributed by atoms with Crippen molar-refractivity contribution < 1.29 is 14.4 Å². The lowest BCUT2D eigenvalue weighted by molar-refractivity contribution is -0.123. The van der Waals surface area contributed by atoms with Gasteiger partial charge in [-0.15, -0.1) is 0 Å².